The van der Waals surface area contributed by atoms with E-state index in [0.29, 0.717) is 5.56 Å². The van der Waals surface area contributed by atoms with Gasteiger partial charge in [0.05, 0.1) is 33.8 Å². The number of Topliss-reactive ketones (excluding diaryl/α,β-unsaturated/α-hetero) is 1. The second kappa shape index (κ2) is 23.1. The van der Waals surface area contributed by atoms with Crippen molar-refractivity contribution in [2.24, 2.45) is 0 Å². The standard InChI is InChI=1S/C25H14BrF11N2O2.C24H13Br2F8NO2/c1-39(21(41)12-6-3-2-4-7-12)17-9-5-8-14(18(17)27)20(40)38-19-15(23(29,30)31)10-13(11-16(19)26)22(28,24(32,33)34)25(35,36)37;25-16-10-14(22(28,23(29,30)31)24(32,33)34)11-17(26)20(16)35-21(37)15-8-4-7-13(19(15)27)9-18(36)12-5-2-1-3-6-12/h2-11H,1H3,(H,38,40);1-8,10-11H,9H2,(H,35,37). The third kappa shape index (κ3) is 12.8. The molecule has 0 aromatic heterocycles. The van der Waals surface area contributed by atoms with E-state index < -0.39 is 136 Å². The Morgan fingerprint density at radius 2 is 0.859 bits per heavy atom. The average Bonchev–Trinajstić information content (AvgIpc) is 3.34. The van der Waals surface area contributed by atoms with Crippen LogP contribution in [0.2, 0.25) is 0 Å². The second-order valence-corrected chi connectivity index (χ2v) is 18.6. The Morgan fingerprint density at radius 3 is 1.29 bits per heavy atom. The summed E-state index contributed by atoms with van der Waals surface area (Å²) in [4.78, 5) is 51.4. The van der Waals surface area contributed by atoms with Gasteiger partial charge in [0.1, 0.15) is 5.82 Å². The minimum absolute atomic E-state index is 0.116. The maximum atomic E-state index is 15.3. The molecular formula is C49H27Br3F19N3O4. The van der Waals surface area contributed by atoms with E-state index in [2.05, 4.69) is 53.1 Å². The molecule has 0 saturated carbocycles. The van der Waals surface area contributed by atoms with E-state index >= 15 is 8.78 Å². The number of nitrogens with one attached hydrogen (secondary N) is 2. The van der Waals surface area contributed by atoms with Crippen molar-refractivity contribution in [3.05, 3.63) is 191 Å². The molecule has 0 unspecified atom stereocenters. The fourth-order valence-electron chi connectivity index (χ4n) is 7.01. The monoisotopic (exact) mass is 1320 g/mol. The van der Waals surface area contributed by atoms with Crippen LogP contribution in [0.1, 0.15) is 63.7 Å². The maximum Gasteiger partial charge on any atom is 0.435 e. The highest BCUT2D eigenvalue weighted by Gasteiger charge is 2.75. The van der Waals surface area contributed by atoms with Crippen molar-refractivity contribution in [3.63, 3.8) is 0 Å². The first-order chi connectivity index (χ1) is 35.8. The van der Waals surface area contributed by atoms with Crippen molar-refractivity contribution in [2.45, 2.75) is 48.6 Å². The summed E-state index contributed by atoms with van der Waals surface area (Å²) in [7, 11) is 1.14. The predicted molar refractivity (Wildman–Crippen MR) is 253 cm³/mol. The third-order valence-corrected chi connectivity index (χ3v) is 12.8. The zero-order chi connectivity index (χ0) is 58.9. The first-order valence-corrected chi connectivity index (χ1v) is 23.3. The molecule has 0 saturated heterocycles. The molecule has 6 rings (SSSR count). The number of alkyl halides is 17. The number of rotatable bonds is 11. The smallest absolute Gasteiger partial charge is 0.320 e. The Kier molecular flexibility index (Phi) is 18.4. The number of anilines is 3. The minimum Gasteiger partial charge on any atom is -0.320 e. The van der Waals surface area contributed by atoms with Crippen molar-refractivity contribution >= 4 is 88.4 Å². The fraction of sp³-hybridized carbons (Fsp3) is 0.184. The lowest BCUT2D eigenvalue weighted by Gasteiger charge is -2.31. The van der Waals surface area contributed by atoms with Gasteiger partial charge in [-0.05, 0) is 108 Å². The molecule has 7 nitrogen and oxygen atoms in total. The Morgan fingerprint density at radius 1 is 0.474 bits per heavy atom. The SMILES string of the molecule is CN(C(=O)c1ccccc1)c1cccc(C(=O)Nc2c(Br)cc(C(F)(C(F)(F)F)C(F)(F)F)cc2C(F)(F)F)c1F.O=C(Cc1cccc(C(=O)Nc2c(Br)cc(C(F)(C(F)(F)F)C(F)(F)F)cc2Br)c1F)c1ccccc1. The van der Waals surface area contributed by atoms with E-state index in [-0.39, 0.29) is 41.4 Å². The molecule has 6 aromatic carbocycles. The number of halogens is 22. The topological polar surface area (TPSA) is 95.6 Å². The summed E-state index contributed by atoms with van der Waals surface area (Å²) in [5.41, 5.74) is -21.9. The zero-order valence-electron chi connectivity index (χ0n) is 38.1. The molecule has 78 heavy (non-hydrogen) atoms. The van der Waals surface area contributed by atoms with Crippen molar-refractivity contribution in [3.8, 4) is 0 Å². The second-order valence-electron chi connectivity index (χ2n) is 16.0. The van der Waals surface area contributed by atoms with Crippen LogP contribution >= 0.6 is 47.8 Å². The summed E-state index contributed by atoms with van der Waals surface area (Å²) in [6.45, 7) is 0. The van der Waals surface area contributed by atoms with Gasteiger partial charge in [-0.15, -0.1) is 0 Å². The van der Waals surface area contributed by atoms with E-state index in [9.17, 15) is 93.8 Å². The summed E-state index contributed by atoms with van der Waals surface area (Å²) in [5, 5.41) is 3.75. The molecule has 0 aliphatic rings. The normalized spacial score (nSPS) is 12.6. The first kappa shape index (κ1) is 62.4. The number of nitrogens with zero attached hydrogens (tertiary/aromatic N) is 1. The van der Waals surface area contributed by atoms with Crippen LogP contribution in [0.3, 0.4) is 0 Å². The molecule has 0 spiro atoms. The molecule has 0 bridgehead atoms. The highest BCUT2D eigenvalue weighted by atomic mass is 79.9. The van der Waals surface area contributed by atoms with Gasteiger partial charge in [-0.2, -0.15) is 65.9 Å². The van der Waals surface area contributed by atoms with E-state index in [1.165, 1.54) is 48.5 Å². The molecule has 416 valence electrons. The van der Waals surface area contributed by atoms with Gasteiger partial charge in [-0.3, -0.25) is 19.2 Å². The van der Waals surface area contributed by atoms with Crippen LogP contribution in [-0.2, 0) is 23.9 Å². The predicted octanol–water partition coefficient (Wildman–Crippen LogP) is 16.7. The van der Waals surface area contributed by atoms with Crippen LogP contribution < -0.4 is 15.5 Å². The van der Waals surface area contributed by atoms with Crippen LogP contribution in [-0.4, -0.2) is 55.3 Å². The average molecular weight is 1320 g/mol. The highest BCUT2D eigenvalue weighted by Crippen LogP contribution is 2.56. The number of carbonyl (C=O) groups is 4. The van der Waals surface area contributed by atoms with Crippen molar-refractivity contribution in [2.75, 3.05) is 22.6 Å². The molecule has 3 amide bonds. The van der Waals surface area contributed by atoms with Crippen LogP contribution in [0.5, 0.6) is 0 Å². The van der Waals surface area contributed by atoms with Gasteiger partial charge < -0.3 is 15.5 Å². The Hall–Kier alpha value is -6.49. The van der Waals surface area contributed by atoms with Gasteiger partial charge in [0, 0.05) is 49.1 Å². The summed E-state index contributed by atoms with van der Waals surface area (Å²) in [6.07, 6.45) is -32.2. The maximum absolute atomic E-state index is 15.3. The van der Waals surface area contributed by atoms with E-state index in [4.69, 9.17) is 0 Å². The highest BCUT2D eigenvalue weighted by molar-refractivity contribution is 9.11. The van der Waals surface area contributed by atoms with Gasteiger partial charge >= 0.3 is 42.2 Å². The van der Waals surface area contributed by atoms with Gasteiger partial charge in [-0.25, -0.2) is 17.6 Å². The Balaban J connectivity index is 0.000000289. The first-order valence-electron chi connectivity index (χ1n) is 20.9. The number of carbonyl (C=O) groups excluding carboxylic acids is 4. The molecule has 0 aliphatic carbocycles. The molecule has 6 aromatic rings. The summed E-state index contributed by atoms with van der Waals surface area (Å²) >= 11 is 7.82. The number of amides is 3. The lowest BCUT2D eigenvalue weighted by molar-refractivity contribution is -0.349. The Labute approximate surface area is 451 Å². The molecule has 0 heterocycles. The van der Waals surface area contributed by atoms with Gasteiger partial charge in [-0.1, -0.05) is 66.7 Å². The number of hydrogen-bond acceptors (Lipinski definition) is 4. The van der Waals surface area contributed by atoms with Crippen LogP contribution in [0.4, 0.5) is 100 Å². The molecule has 0 fully saturated rings. The van der Waals surface area contributed by atoms with Crippen molar-refractivity contribution in [1.82, 2.24) is 0 Å². The molecular weight excluding hydrogens is 1300 g/mol. The zero-order valence-corrected chi connectivity index (χ0v) is 42.9. The fourth-order valence-corrected chi connectivity index (χ4v) is 8.96. The molecule has 29 heteroatoms. The van der Waals surface area contributed by atoms with Crippen LogP contribution in [0.25, 0.3) is 0 Å². The lowest BCUT2D eigenvalue weighted by atomic mass is 9.92. The molecule has 0 radical (unpaired) electrons. The van der Waals surface area contributed by atoms with E-state index in [1.807, 2.05) is 0 Å². The summed E-state index contributed by atoms with van der Waals surface area (Å²) < 4.78 is 256. The van der Waals surface area contributed by atoms with E-state index in [0.717, 1.165) is 36.2 Å². The molecule has 0 atom stereocenters. The number of hydrogen-bond donors (Lipinski definition) is 2. The lowest BCUT2D eigenvalue weighted by Crippen LogP contribution is -2.50. The molecule has 0 aliphatic heterocycles. The quantitative estimate of drug-likeness (QED) is 0.0998. The van der Waals surface area contributed by atoms with Gasteiger partial charge in [0.15, 0.2) is 11.6 Å². The van der Waals surface area contributed by atoms with Crippen LogP contribution in [0, 0.1) is 11.6 Å². The molecule has 2 N–H and O–H groups in total. The summed E-state index contributed by atoms with van der Waals surface area (Å²) in [5.74, 6) is -6.35. The third-order valence-electron chi connectivity index (χ3n) is 11.0. The van der Waals surface area contributed by atoms with Crippen molar-refractivity contribution < 1.29 is 103 Å². The number of benzene rings is 6. The van der Waals surface area contributed by atoms with E-state index in [1.54, 1.807) is 29.6 Å². The largest absolute Gasteiger partial charge is 0.435 e. The minimum atomic E-state index is -6.72. The van der Waals surface area contributed by atoms with Gasteiger partial charge in [0.2, 0.25) is 0 Å². The van der Waals surface area contributed by atoms with Gasteiger partial charge in [0.25, 0.3) is 17.7 Å². The Bertz CT molecular complexity index is 3190. The number of ketones is 1. The summed E-state index contributed by atoms with van der Waals surface area (Å²) in [6, 6.07) is 21.4. The van der Waals surface area contributed by atoms with Crippen molar-refractivity contribution in [1.29, 1.82) is 0 Å². The van der Waals surface area contributed by atoms with Crippen LogP contribution in [0.15, 0.2) is 135 Å².